The summed E-state index contributed by atoms with van der Waals surface area (Å²) in [5.41, 5.74) is 1.71. The number of nitrogens with zero attached hydrogens (tertiary/aromatic N) is 4. The molecule has 0 spiro atoms. The molecule has 0 aliphatic heterocycles. The van der Waals surface area contributed by atoms with Gasteiger partial charge in [-0.15, -0.1) is 21.5 Å². The predicted octanol–water partition coefficient (Wildman–Crippen LogP) is 3.93. The van der Waals surface area contributed by atoms with Gasteiger partial charge in [0.2, 0.25) is 11.0 Å². The monoisotopic (exact) mass is 427 g/mol. The minimum absolute atomic E-state index is 0.262. The first-order valence-corrected chi connectivity index (χ1v) is 10.3. The Morgan fingerprint density at radius 3 is 2.62 bits per heavy atom. The highest BCUT2D eigenvalue weighted by atomic mass is 32.1. The van der Waals surface area contributed by atoms with Crippen molar-refractivity contribution in [3.63, 3.8) is 0 Å². The molecule has 0 unspecified atom stereocenters. The quantitative estimate of drug-likeness (QED) is 0.498. The van der Waals surface area contributed by atoms with E-state index in [0.29, 0.717) is 26.5 Å². The Morgan fingerprint density at radius 1 is 1.10 bits per heavy atom. The number of nitrogens with one attached hydrogen (secondary N) is 1. The Labute approximate surface area is 174 Å². The van der Waals surface area contributed by atoms with Gasteiger partial charge >= 0.3 is 0 Å². The molecule has 0 aliphatic rings. The second kappa shape index (κ2) is 8.19. The minimum Gasteiger partial charge on any atom is -0.480 e. The van der Waals surface area contributed by atoms with Gasteiger partial charge < -0.3 is 9.47 Å². The number of carbonyl (C=O) groups is 1. The first kappa shape index (κ1) is 19.4. The van der Waals surface area contributed by atoms with Crippen LogP contribution in [0.15, 0.2) is 30.3 Å². The van der Waals surface area contributed by atoms with Gasteiger partial charge in [-0.1, -0.05) is 41.7 Å². The summed E-state index contributed by atoms with van der Waals surface area (Å²) in [6, 6.07) is 9.70. The van der Waals surface area contributed by atoms with E-state index >= 15 is 0 Å². The number of thiophene rings is 1. The SMILES string of the molecule is COCc1nc(OC)c2c(C)c(C(=O)Nc3nnc(-c4ccccc4)s3)sc2n1. The van der Waals surface area contributed by atoms with Gasteiger partial charge in [0.25, 0.3) is 5.91 Å². The molecule has 0 bridgehead atoms. The second-order valence-electron chi connectivity index (χ2n) is 6.05. The number of aromatic nitrogens is 4. The van der Waals surface area contributed by atoms with E-state index in [9.17, 15) is 4.79 Å². The molecular weight excluding hydrogens is 410 g/mol. The van der Waals surface area contributed by atoms with Crippen molar-refractivity contribution in [2.45, 2.75) is 13.5 Å². The number of anilines is 1. The zero-order chi connectivity index (χ0) is 20.4. The van der Waals surface area contributed by atoms with Crippen LogP contribution in [0.2, 0.25) is 0 Å². The highest BCUT2D eigenvalue weighted by Crippen LogP contribution is 2.36. The maximum absolute atomic E-state index is 12.9. The first-order chi connectivity index (χ1) is 14.1. The number of hydrogen-bond acceptors (Lipinski definition) is 9. The molecule has 8 nitrogen and oxygen atoms in total. The molecule has 0 radical (unpaired) electrons. The molecule has 4 rings (SSSR count). The van der Waals surface area contributed by atoms with E-state index < -0.39 is 0 Å². The molecule has 0 saturated carbocycles. The minimum atomic E-state index is -0.267. The first-order valence-electron chi connectivity index (χ1n) is 8.64. The van der Waals surface area contributed by atoms with Gasteiger partial charge in [-0.25, -0.2) is 4.98 Å². The second-order valence-corrected chi connectivity index (χ2v) is 8.03. The Bertz CT molecular complexity index is 1170. The van der Waals surface area contributed by atoms with Crippen LogP contribution in [0.25, 0.3) is 20.8 Å². The molecule has 10 heteroatoms. The number of methoxy groups -OCH3 is 2. The van der Waals surface area contributed by atoms with Crippen molar-refractivity contribution in [2.75, 3.05) is 19.5 Å². The third kappa shape index (κ3) is 3.82. The topological polar surface area (TPSA) is 99.1 Å². The van der Waals surface area contributed by atoms with E-state index in [1.807, 2.05) is 37.3 Å². The molecule has 3 heterocycles. The summed E-state index contributed by atoms with van der Waals surface area (Å²) in [6.07, 6.45) is 0. The maximum atomic E-state index is 12.9. The zero-order valence-electron chi connectivity index (χ0n) is 15.9. The summed E-state index contributed by atoms with van der Waals surface area (Å²) in [5.74, 6) is 0.662. The standard InChI is InChI=1S/C19H17N5O3S2/c1-10-13-16(27-3)20-12(9-26-2)21-18(13)28-14(10)15(25)22-19-24-23-17(29-19)11-7-5-4-6-8-11/h4-8H,9H2,1-3H3,(H,22,24,25). The van der Waals surface area contributed by atoms with Crippen molar-refractivity contribution >= 4 is 43.9 Å². The van der Waals surface area contributed by atoms with Crippen LogP contribution in [-0.4, -0.2) is 40.3 Å². The van der Waals surface area contributed by atoms with Crippen molar-refractivity contribution in [3.8, 4) is 16.5 Å². The van der Waals surface area contributed by atoms with E-state index in [1.54, 1.807) is 14.2 Å². The number of ether oxygens (including phenoxy) is 2. The van der Waals surface area contributed by atoms with Crippen molar-refractivity contribution in [3.05, 3.63) is 46.6 Å². The van der Waals surface area contributed by atoms with Crippen molar-refractivity contribution in [1.29, 1.82) is 0 Å². The van der Waals surface area contributed by atoms with Gasteiger partial charge in [0.1, 0.15) is 16.4 Å². The van der Waals surface area contributed by atoms with Crippen molar-refractivity contribution in [2.24, 2.45) is 0 Å². The smallest absolute Gasteiger partial charge is 0.267 e. The predicted molar refractivity (Wildman–Crippen MR) is 113 cm³/mol. The lowest BCUT2D eigenvalue weighted by Crippen LogP contribution is -2.11. The Morgan fingerprint density at radius 2 is 1.90 bits per heavy atom. The molecule has 0 aliphatic carbocycles. The van der Waals surface area contributed by atoms with Crippen LogP contribution >= 0.6 is 22.7 Å². The Hall–Kier alpha value is -2.95. The Balaban J connectivity index is 1.64. The van der Waals surface area contributed by atoms with E-state index in [4.69, 9.17) is 9.47 Å². The van der Waals surface area contributed by atoms with Crippen LogP contribution in [0.1, 0.15) is 21.1 Å². The van der Waals surface area contributed by atoms with Crippen LogP contribution in [0.3, 0.4) is 0 Å². The van der Waals surface area contributed by atoms with Gasteiger partial charge in [-0.2, -0.15) is 4.98 Å². The third-order valence-corrected chi connectivity index (χ3v) is 6.21. The number of aryl methyl sites for hydroxylation is 1. The summed E-state index contributed by atoms with van der Waals surface area (Å²) in [5, 5.41) is 13.0. The molecule has 0 fully saturated rings. The average Bonchev–Trinajstić information content (AvgIpc) is 3.33. The highest BCUT2D eigenvalue weighted by molar-refractivity contribution is 7.21. The molecule has 1 aromatic carbocycles. The maximum Gasteiger partial charge on any atom is 0.267 e. The number of carbonyl (C=O) groups excluding carboxylic acids is 1. The fraction of sp³-hybridized carbons (Fsp3) is 0.211. The van der Waals surface area contributed by atoms with Crippen LogP contribution in [0.5, 0.6) is 5.88 Å². The van der Waals surface area contributed by atoms with E-state index in [1.165, 1.54) is 22.7 Å². The third-order valence-electron chi connectivity index (χ3n) is 4.14. The molecule has 3 aromatic heterocycles. The molecule has 1 N–H and O–H groups in total. The van der Waals surface area contributed by atoms with E-state index in [0.717, 1.165) is 21.5 Å². The summed E-state index contributed by atoms with van der Waals surface area (Å²) < 4.78 is 10.5. The lowest BCUT2D eigenvalue weighted by molar-refractivity contribution is 0.103. The van der Waals surface area contributed by atoms with Crippen LogP contribution in [-0.2, 0) is 11.3 Å². The van der Waals surface area contributed by atoms with Crippen LogP contribution < -0.4 is 10.1 Å². The molecular formula is C19H17N5O3S2. The fourth-order valence-electron chi connectivity index (χ4n) is 2.83. The zero-order valence-corrected chi connectivity index (χ0v) is 17.6. The molecule has 0 atom stereocenters. The van der Waals surface area contributed by atoms with Gasteiger partial charge in [-0.3, -0.25) is 10.1 Å². The Kier molecular flexibility index (Phi) is 5.47. The van der Waals surface area contributed by atoms with E-state index in [-0.39, 0.29) is 12.5 Å². The van der Waals surface area contributed by atoms with Crippen molar-refractivity contribution < 1.29 is 14.3 Å². The van der Waals surface area contributed by atoms with Crippen LogP contribution in [0, 0.1) is 6.92 Å². The summed E-state index contributed by atoms with van der Waals surface area (Å²) >= 11 is 2.60. The average molecular weight is 428 g/mol. The van der Waals surface area contributed by atoms with Gasteiger partial charge in [0.15, 0.2) is 5.82 Å². The van der Waals surface area contributed by atoms with Gasteiger partial charge in [0.05, 0.1) is 17.4 Å². The van der Waals surface area contributed by atoms with E-state index in [2.05, 4.69) is 25.5 Å². The summed E-state index contributed by atoms with van der Waals surface area (Å²) in [4.78, 5) is 22.9. The number of rotatable bonds is 6. The summed E-state index contributed by atoms with van der Waals surface area (Å²) in [6.45, 7) is 2.11. The normalized spacial score (nSPS) is 11.0. The van der Waals surface area contributed by atoms with Gasteiger partial charge in [0, 0.05) is 12.7 Å². The summed E-state index contributed by atoms with van der Waals surface area (Å²) in [7, 11) is 3.12. The molecule has 0 saturated heterocycles. The molecule has 29 heavy (non-hydrogen) atoms. The van der Waals surface area contributed by atoms with Crippen molar-refractivity contribution in [1.82, 2.24) is 20.2 Å². The number of fused-ring (bicyclic) bond motifs is 1. The number of hydrogen-bond donors (Lipinski definition) is 1. The lowest BCUT2D eigenvalue weighted by atomic mass is 10.2. The lowest BCUT2D eigenvalue weighted by Gasteiger charge is -2.04. The highest BCUT2D eigenvalue weighted by Gasteiger charge is 2.22. The fourth-order valence-corrected chi connectivity index (χ4v) is 4.66. The largest absolute Gasteiger partial charge is 0.480 e. The number of benzene rings is 1. The van der Waals surface area contributed by atoms with Gasteiger partial charge in [-0.05, 0) is 12.5 Å². The molecule has 1 amide bonds. The number of amides is 1. The molecule has 148 valence electrons. The van der Waals surface area contributed by atoms with Crippen LogP contribution in [0.4, 0.5) is 5.13 Å². The molecule has 4 aromatic rings.